The third kappa shape index (κ3) is 6.58. The fourth-order valence-corrected chi connectivity index (χ4v) is 7.47. The van der Waals surface area contributed by atoms with Gasteiger partial charge in [-0.15, -0.1) is 0 Å². The maximum atomic E-state index is 10.6. The summed E-state index contributed by atoms with van der Waals surface area (Å²) in [6.07, 6.45) is 1.77. The summed E-state index contributed by atoms with van der Waals surface area (Å²) in [6, 6.07) is 13.5. The van der Waals surface area contributed by atoms with Crippen LogP contribution in [0.25, 0.3) is 0 Å². The fourth-order valence-electron chi connectivity index (χ4n) is 4.60. The van der Waals surface area contributed by atoms with Crippen molar-refractivity contribution in [1.29, 1.82) is 0 Å². The van der Waals surface area contributed by atoms with Gasteiger partial charge in [0.15, 0.2) is 0 Å². The number of aromatic hydroxyl groups is 2. The van der Waals surface area contributed by atoms with Gasteiger partial charge in [0.2, 0.25) is 0 Å². The van der Waals surface area contributed by atoms with Gasteiger partial charge in [-0.25, -0.2) is 0 Å². The average Bonchev–Trinajstić information content (AvgIpc) is 2.67. The van der Waals surface area contributed by atoms with Gasteiger partial charge in [0.1, 0.15) is 11.5 Å². The molecule has 0 bridgehead atoms. The molecular formula is C26H43N3O2Si. The lowest BCUT2D eigenvalue weighted by Gasteiger charge is -2.37. The van der Waals surface area contributed by atoms with E-state index in [1.54, 1.807) is 12.1 Å². The summed E-state index contributed by atoms with van der Waals surface area (Å²) in [5.74, 6) is 0.621. The van der Waals surface area contributed by atoms with E-state index in [1.807, 2.05) is 18.2 Å². The van der Waals surface area contributed by atoms with Gasteiger partial charge in [-0.1, -0.05) is 52.0 Å². The van der Waals surface area contributed by atoms with Gasteiger partial charge in [0.25, 0.3) is 9.28 Å². The van der Waals surface area contributed by atoms with Crippen LogP contribution in [0.1, 0.15) is 50.8 Å². The predicted molar refractivity (Wildman–Crippen MR) is 138 cm³/mol. The molecule has 178 valence electrons. The summed E-state index contributed by atoms with van der Waals surface area (Å²) in [6.45, 7) is 9.97. The molecule has 0 spiro atoms. The minimum Gasteiger partial charge on any atom is -0.508 e. The molecule has 0 radical (unpaired) electrons. The molecular weight excluding hydrogens is 414 g/mol. The molecule has 0 aromatic heterocycles. The van der Waals surface area contributed by atoms with Gasteiger partial charge >= 0.3 is 0 Å². The molecule has 6 heteroatoms. The van der Waals surface area contributed by atoms with Gasteiger partial charge in [-0.3, -0.25) is 0 Å². The molecule has 0 amide bonds. The van der Waals surface area contributed by atoms with Crippen LogP contribution in [-0.4, -0.2) is 75.0 Å². The van der Waals surface area contributed by atoms with E-state index in [4.69, 9.17) is 0 Å². The Morgan fingerprint density at radius 1 is 0.750 bits per heavy atom. The van der Waals surface area contributed by atoms with Crippen LogP contribution < -0.4 is 0 Å². The summed E-state index contributed by atoms with van der Waals surface area (Å²) in [7, 11) is 9.60. The van der Waals surface area contributed by atoms with Crippen molar-refractivity contribution in [2.24, 2.45) is 0 Å². The van der Waals surface area contributed by atoms with Crippen molar-refractivity contribution < 1.29 is 10.2 Å². The van der Waals surface area contributed by atoms with E-state index >= 15 is 0 Å². The first-order chi connectivity index (χ1) is 14.7. The second-order valence-corrected chi connectivity index (χ2v) is 14.5. The molecule has 2 N–H and O–H groups in total. The van der Waals surface area contributed by atoms with Gasteiger partial charge < -0.3 is 23.9 Å². The SMILES string of the molecule is CN(C)[SiH](N(C)C)N(C)CCC(C)(C)c1ccc(O)c(CC(C)(C)c2ccc(O)cc2)c1. The second-order valence-electron chi connectivity index (χ2n) is 10.8. The van der Waals surface area contributed by atoms with Crippen LogP contribution in [0, 0.1) is 0 Å². The maximum absolute atomic E-state index is 10.6. The molecule has 0 saturated carbocycles. The van der Waals surface area contributed by atoms with Gasteiger partial charge in [-0.2, -0.15) is 0 Å². The molecule has 0 unspecified atom stereocenters. The van der Waals surface area contributed by atoms with Crippen LogP contribution in [0.15, 0.2) is 42.5 Å². The minimum atomic E-state index is -1.30. The van der Waals surface area contributed by atoms with Crippen LogP contribution in [0.2, 0.25) is 0 Å². The Balaban J connectivity index is 2.20. The Morgan fingerprint density at radius 3 is 1.81 bits per heavy atom. The van der Waals surface area contributed by atoms with Crippen molar-refractivity contribution in [2.75, 3.05) is 41.8 Å². The lowest BCUT2D eigenvalue weighted by atomic mass is 9.76. The number of benzene rings is 2. The van der Waals surface area contributed by atoms with E-state index in [0.717, 1.165) is 30.5 Å². The topological polar surface area (TPSA) is 50.2 Å². The number of hydrogen-bond acceptors (Lipinski definition) is 5. The molecule has 0 atom stereocenters. The molecule has 0 saturated heterocycles. The molecule has 32 heavy (non-hydrogen) atoms. The first kappa shape index (κ1) is 26.4. The van der Waals surface area contributed by atoms with Crippen molar-refractivity contribution >= 4 is 9.28 Å². The smallest absolute Gasteiger partial charge is 0.271 e. The summed E-state index contributed by atoms with van der Waals surface area (Å²) in [4.78, 5) is 0. The Morgan fingerprint density at radius 2 is 1.28 bits per heavy atom. The molecule has 2 aromatic rings. The normalized spacial score (nSPS) is 13.0. The fraction of sp³-hybridized carbons (Fsp3) is 0.538. The van der Waals surface area contributed by atoms with E-state index < -0.39 is 9.28 Å². The Hall–Kier alpha value is -1.86. The number of hydrogen-bond donors (Lipinski definition) is 2. The lowest BCUT2D eigenvalue weighted by Crippen LogP contribution is -2.57. The number of rotatable bonds is 10. The zero-order chi connectivity index (χ0) is 24.3. The molecule has 2 rings (SSSR count). The monoisotopic (exact) mass is 457 g/mol. The zero-order valence-corrected chi connectivity index (χ0v) is 22.6. The zero-order valence-electron chi connectivity index (χ0n) is 21.5. The number of phenolic OH excluding ortho intramolecular Hbond substituents is 2. The van der Waals surface area contributed by atoms with Crippen molar-refractivity contribution in [1.82, 2.24) is 13.7 Å². The largest absolute Gasteiger partial charge is 0.508 e. The average molecular weight is 458 g/mol. The van der Waals surface area contributed by atoms with Crippen LogP contribution in [0.3, 0.4) is 0 Å². The van der Waals surface area contributed by atoms with Crippen LogP contribution in [0.5, 0.6) is 11.5 Å². The third-order valence-electron chi connectivity index (χ3n) is 6.55. The van der Waals surface area contributed by atoms with Crippen molar-refractivity contribution in [3.05, 3.63) is 59.2 Å². The minimum absolute atomic E-state index is 0.00301. The van der Waals surface area contributed by atoms with E-state index in [2.05, 4.69) is 88.8 Å². The highest BCUT2D eigenvalue weighted by Gasteiger charge is 2.28. The number of phenols is 2. The highest BCUT2D eigenvalue weighted by Crippen LogP contribution is 2.35. The Bertz CT molecular complexity index is 871. The van der Waals surface area contributed by atoms with Gasteiger partial charge in [0.05, 0.1) is 0 Å². The van der Waals surface area contributed by atoms with E-state index in [-0.39, 0.29) is 16.6 Å². The van der Waals surface area contributed by atoms with E-state index in [0.29, 0.717) is 5.75 Å². The van der Waals surface area contributed by atoms with Crippen LogP contribution >= 0.6 is 0 Å². The van der Waals surface area contributed by atoms with E-state index in [1.165, 1.54) is 5.56 Å². The predicted octanol–water partition coefficient (Wildman–Crippen LogP) is 4.06. The summed E-state index contributed by atoms with van der Waals surface area (Å²) >= 11 is 0. The molecule has 0 aliphatic carbocycles. The highest BCUT2D eigenvalue weighted by molar-refractivity contribution is 6.49. The molecule has 0 fully saturated rings. The number of nitrogens with zero attached hydrogens (tertiary/aromatic N) is 3. The first-order valence-electron chi connectivity index (χ1n) is 11.4. The van der Waals surface area contributed by atoms with Crippen molar-refractivity contribution in [2.45, 2.75) is 51.4 Å². The standard InChI is InChI=1S/C26H43N3O2Si/c1-25(2,16-17-29(9)32(27(5)6)28(7)8)22-12-15-24(31)20(18-22)19-26(3,4)21-10-13-23(30)14-11-21/h10-15,18,30-32H,16-17,19H2,1-9H3. The summed E-state index contributed by atoms with van der Waals surface area (Å²) in [5.41, 5.74) is 3.20. The summed E-state index contributed by atoms with van der Waals surface area (Å²) < 4.78 is 7.23. The lowest BCUT2D eigenvalue weighted by molar-refractivity contribution is 0.343. The van der Waals surface area contributed by atoms with E-state index in [9.17, 15) is 10.2 Å². The third-order valence-corrected chi connectivity index (χ3v) is 9.44. The second kappa shape index (κ2) is 10.4. The molecule has 2 aromatic carbocycles. The van der Waals surface area contributed by atoms with Gasteiger partial charge in [-0.05, 0) is 100 Å². The Labute approximate surface area is 197 Å². The molecule has 0 heterocycles. The molecule has 0 aliphatic heterocycles. The highest BCUT2D eigenvalue weighted by atomic mass is 28.3. The quantitative estimate of drug-likeness (QED) is 0.527. The summed E-state index contributed by atoms with van der Waals surface area (Å²) in [5, 5.41) is 20.2. The van der Waals surface area contributed by atoms with Crippen molar-refractivity contribution in [3.63, 3.8) is 0 Å². The Kier molecular flexibility index (Phi) is 8.56. The first-order valence-corrected chi connectivity index (χ1v) is 12.9. The maximum Gasteiger partial charge on any atom is 0.271 e. The van der Waals surface area contributed by atoms with Crippen LogP contribution in [0.4, 0.5) is 0 Å². The van der Waals surface area contributed by atoms with Crippen LogP contribution in [-0.2, 0) is 17.3 Å². The van der Waals surface area contributed by atoms with Gasteiger partial charge in [0, 0.05) is 0 Å². The molecule has 5 nitrogen and oxygen atoms in total. The molecule has 0 aliphatic rings. The van der Waals surface area contributed by atoms with Crippen molar-refractivity contribution in [3.8, 4) is 11.5 Å².